The summed E-state index contributed by atoms with van der Waals surface area (Å²) in [5, 5.41) is 0. The van der Waals surface area contributed by atoms with Crippen molar-refractivity contribution < 1.29 is 23.5 Å². The van der Waals surface area contributed by atoms with Gasteiger partial charge in [-0.25, -0.2) is 14.0 Å². The molecule has 2 N–H and O–H groups in total. The van der Waals surface area contributed by atoms with E-state index in [9.17, 15) is 14.0 Å². The summed E-state index contributed by atoms with van der Waals surface area (Å²) in [6.45, 7) is 7.14. The van der Waals surface area contributed by atoms with Crippen molar-refractivity contribution in [3.05, 3.63) is 71.0 Å². The van der Waals surface area contributed by atoms with E-state index in [0.717, 1.165) is 16.7 Å². The number of amides is 3. The number of nitrogens with zero attached hydrogens (tertiary/aromatic N) is 2. The first-order valence-electron chi connectivity index (χ1n) is 11.6. The Balaban J connectivity index is 1.89. The molecule has 0 unspecified atom stereocenters. The molecule has 1 fully saturated rings. The Bertz CT molecular complexity index is 1050. The molecule has 0 aliphatic carbocycles. The fourth-order valence-corrected chi connectivity index (χ4v) is 5.19. The lowest BCUT2D eigenvalue weighted by molar-refractivity contribution is 0.0136. The second kappa shape index (κ2) is 9.25. The fourth-order valence-electron chi connectivity index (χ4n) is 5.19. The van der Waals surface area contributed by atoms with Gasteiger partial charge in [0.15, 0.2) is 0 Å². The molecular formula is C26H32FN3O4. The Morgan fingerprint density at radius 1 is 1.12 bits per heavy atom. The molecule has 2 aliphatic rings. The highest BCUT2D eigenvalue weighted by Crippen LogP contribution is 2.47. The minimum Gasteiger partial charge on any atom is -0.444 e. The zero-order chi connectivity index (χ0) is 24.5. The van der Waals surface area contributed by atoms with E-state index >= 15 is 0 Å². The number of ether oxygens (including phenoxy) is 2. The van der Waals surface area contributed by atoms with Gasteiger partial charge in [-0.1, -0.05) is 36.4 Å². The van der Waals surface area contributed by atoms with E-state index < -0.39 is 23.3 Å². The topological polar surface area (TPSA) is 85.1 Å². The highest BCUT2D eigenvalue weighted by atomic mass is 19.1. The summed E-state index contributed by atoms with van der Waals surface area (Å²) in [7, 11) is 0. The van der Waals surface area contributed by atoms with Crippen LogP contribution in [-0.4, -0.2) is 60.4 Å². The van der Waals surface area contributed by atoms with Gasteiger partial charge in [-0.05, 0) is 56.0 Å². The van der Waals surface area contributed by atoms with Crippen molar-refractivity contribution >= 4 is 12.1 Å². The van der Waals surface area contributed by atoms with E-state index in [2.05, 4.69) is 0 Å². The SMILES string of the molecule is CC(C)(C)OC(=O)N1CCOC[C@@H]([C@]2(c3ccc(F)cc3)c3ccccc3CCN2C(N)=O)C1. The van der Waals surface area contributed by atoms with Crippen LogP contribution in [-0.2, 0) is 21.4 Å². The average Bonchev–Trinajstić information content (AvgIpc) is 3.04. The lowest BCUT2D eigenvalue weighted by Crippen LogP contribution is -2.62. The van der Waals surface area contributed by atoms with Gasteiger partial charge in [0.1, 0.15) is 17.0 Å². The Hall–Kier alpha value is -3.13. The first kappa shape index (κ1) is 24.0. The summed E-state index contributed by atoms with van der Waals surface area (Å²) < 4.78 is 25.6. The molecule has 2 aromatic carbocycles. The van der Waals surface area contributed by atoms with Crippen LogP contribution >= 0.6 is 0 Å². The Morgan fingerprint density at radius 3 is 2.50 bits per heavy atom. The predicted octanol–water partition coefficient (Wildman–Crippen LogP) is 3.89. The molecule has 0 aromatic heterocycles. The van der Waals surface area contributed by atoms with Crippen LogP contribution in [0.5, 0.6) is 0 Å². The Kier molecular flexibility index (Phi) is 6.53. The molecule has 182 valence electrons. The fraction of sp³-hybridized carbons (Fsp3) is 0.462. The molecule has 0 bridgehead atoms. The molecule has 2 aromatic rings. The van der Waals surface area contributed by atoms with Crippen LogP contribution < -0.4 is 5.73 Å². The standard InChI is InChI=1S/C26H32FN3O4/c1-25(2,3)34-24(32)29-14-15-33-17-20(16-29)26(19-8-10-21(27)11-9-19)22-7-5-4-6-18(22)12-13-30(26)23(28)31/h4-11,20H,12-17H2,1-3H3,(H2,28,31)/t20-,26+/m0/s1. The smallest absolute Gasteiger partial charge is 0.410 e. The number of halogens is 1. The van der Waals surface area contributed by atoms with Gasteiger partial charge in [-0.15, -0.1) is 0 Å². The molecule has 2 heterocycles. The molecule has 3 amide bonds. The average molecular weight is 470 g/mol. The summed E-state index contributed by atoms with van der Waals surface area (Å²) in [6.07, 6.45) is 0.206. The minimum atomic E-state index is -1.04. The van der Waals surface area contributed by atoms with Crippen LogP contribution in [0.4, 0.5) is 14.0 Å². The van der Waals surface area contributed by atoms with Crippen LogP contribution in [0.1, 0.15) is 37.5 Å². The zero-order valence-electron chi connectivity index (χ0n) is 19.9. The third-order valence-corrected chi connectivity index (χ3v) is 6.52. The van der Waals surface area contributed by atoms with Gasteiger partial charge >= 0.3 is 12.1 Å². The van der Waals surface area contributed by atoms with E-state index in [1.807, 2.05) is 45.0 Å². The molecule has 0 saturated carbocycles. The van der Waals surface area contributed by atoms with Crippen molar-refractivity contribution in [3.8, 4) is 0 Å². The third-order valence-electron chi connectivity index (χ3n) is 6.52. The summed E-state index contributed by atoms with van der Waals surface area (Å²) in [5.74, 6) is -0.747. The number of primary amides is 1. The van der Waals surface area contributed by atoms with Gasteiger partial charge in [-0.2, -0.15) is 0 Å². The van der Waals surface area contributed by atoms with Crippen molar-refractivity contribution in [2.45, 2.75) is 38.3 Å². The largest absolute Gasteiger partial charge is 0.444 e. The first-order valence-corrected chi connectivity index (χ1v) is 11.6. The molecule has 0 spiro atoms. The van der Waals surface area contributed by atoms with Crippen LogP contribution in [0.3, 0.4) is 0 Å². The third kappa shape index (κ3) is 4.46. The molecular weight excluding hydrogens is 437 g/mol. The Labute approximate surface area is 199 Å². The monoisotopic (exact) mass is 469 g/mol. The second-order valence-corrected chi connectivity index (χ2v) is 9.87. The number of fused-ring (bicyclic) bond motifs is 1. The van der Waals surface area contributed by atoms with E-state index in [-0.39, 0.29) is 24.9 Å². The van der Waals surface area contributed by atoms with Gasteiger partial charge in [-0.3, -0.25) is 0 Å². The molecule has 0 radical (unpaired) electrons. The molecule has 2 atom stereocenters. The van der Waals surface area contributed by atoms with Crippen LogP contribution in [0.25, 0.3) is 0 Å². The Morgan fingerprint density at radius 2 is 1.82 bits per heavy atom. The highest BCUT2D eigenvalue weighted by Gasteiger charge is 2.52. The number of hydrogen-bond donors (Lipinski definition) is 1. The van der Waals surface area contributed by atoms with Gasteiger partial charge in [0.2, 0.25) is 0 Å². The summed E-state index contributed by atoms with van der Waals surface area (Å²) >= 11 is 0. The van der Waals surface area contributed by atoms with Crippen molar-refractivity contribution in [2.24, 2.45) is 11.7 Å². The first-order chi connectivity index (χ1) is 16.1. The summed E-state index contributed by atoms with van der Waals surface area (Å²) in [4.78, 5) is 29.2. The van der Waals surface area contributed by atoms with Crippen LogP contribution in [0, 0.1) is 11.7 Å². The highest BCUT2D eigenvalue weighted by molar-refractivity contribution is 5.75. The van der Waals surface area contributed by atoms with Crippen LogP contribution in [0.2, 0.25) is 0 Å². The lowest BCUT2D eigenvalue weighted by Gasteiger charge is -2.52. The number of nitrogens with two attached hydrogens (primary N) is 1. The normalized spacial score (nSPS) is 23.1. The molecule has 4 rings (SSSR count). The summed E-state index contributed by atoms with van der Waals surface area (Å²) in [6, 6.07) is 13.5. The van der Waals surface area contributed by atoms with E-state index in [1.165, 1.54) is 12.1 Å². The van der Waals surface area contributed by atoms with E-state index in [4.69, 9.17) is 15.2 Å². The van der Waals surface area contributed by atoms with Crippen molar-refractivity contribution in [2.75, 3.05) is 32.8 Å². The van der Waals surface area contributed by atoms with Gasteiger partial charge in [0, 0.05) is 25.6 Å². The second-order valence-electron chi connectivity index (χ2n) is 9.87. The maximum Gasteiger partial charge on any atom is 0.410 e. The maximum absolute atomic E-state index is 14.0. The molecule has 2 aliphatic heterocycles. The maximum atomic E-state index is 14.0. The van der Waals surface area contributed by atoms with Gasteiger partial charge < -0.3 is 25.0 Å². The minimum absolute atomic E-state index is 0.282. The number of rotatable bonds is 2. The quantitative estimate of drug-likeness (QED) is 0.723. The van der Waals surface area contributed by atoms with E-state index in [1.54, 1.807) is 21.9 Å². The molecule has 1 saturated heterocycles. The zero-order valence-corrected chi connectivity index (χ0v) is 19.9. The molecule has 7 nitrogen and oxygen atoms in total. The molecule has 8 heteroatoms. The van der Waals surface area contributed by atoms with Gasteiger partial charge in [0.05, 0.1) is 13.2 Å². The van der Waals surface area contributed by atoms with E-state index in [0.29, 0.717) is 26.1 Å². The number of benzene rings is 2. The molecule has 34 heavy (non-hydrogen) atoms. The lowest BCUT2D eigenvalue weighted by atomic mass is 9.68. The van der Waals surface area contributed by atoms with Crippen LogP contribution in [0.15, 0.2) is 48.5 Å². The van der Waals surface area contributed by atoms with Gasteiger partial charge in [0.25, 0.3) is 0 Å². The van der Waals surface area contributed by atoms with Crippen molar-refractivity contribution in [3.63, 3.8) is 0 Å². The number of hydrogen-bond acceptors (Lipinski definition) is 4. The number of urea groups is 1. The number of carbonyl (C=O) groups is 2. The summed E-state index contributed by atoms with van der Waals surface area (Å²) in [5.41, 5.74) is 6.98. The predicted molar refractivity (Wildman–Crippen MR) is 126 cm³/mol. The van der Waals surface area contributed by atoms with Crippen molar-refractivity contribution in [1.82, 2.24) is 9.80 Å². The van der Waals surface area contributed by atoms with Crippen molar-refractivity contribution in [1.29, 1.82) is 0 Å². The number of carbonyl (C=O) groups excluding carboxylic acids is 2.